The van der Waals surface area contributed by atoms with Crippen LogP contribution >= 0.6 is 23.2 Å². The second-order valence-electron chi connectivity index (χ2n) is 5.92. The molecule has 3 nitrogen and oxygen atoms in total. The molecule has 1 N–H and O–H groups in total. The Bertz CT molecular complexity index is 667. The number of rotatable bonds is 3. The zero-order valence-electron chi connectivity index (χ0n) is 13.2. The molecule has 0 bridgehead atoms. The Labute approximate surface area is 147 Å². The second kappa shape index (κ2) is 7.63. The summed E-state index contributed by atoms with van der Waals surface area (Å²) in [7, 11) is 0. The predicted octanol–water partition coefficient (Wildman–Crippen LogP) is 4.08. The van der Waals surface area contributed by atoms with Gasteiger partial charge in [-0.25, -0.2) is 0 Å². The lowest BCUT2D eigenvalue weighted by molar-refractivity contribution is 0.237. The molecule has 1 saturated heterocycles. The van der Waals surface area contributed by atoms with Crippen molar-refractivity contribution in [2.24, 2.45) is 0 Å². The van der Waals surface area contributed by atoms with Crippen LogP contribution in [-0.2, 0) is 0 Å². The molecule has 1 unspecified atom stereocenters. The lowest BCUT2D eigenvalue weighted by Gasteiger charge is -2.31. The van der Waals surface area contributed by atoms with Crippen LogP contribution in [-0.4, -0.2) is 36.1 Å². The number of aryl methyl sites for hydroxylation is 1. The van der Waals surface area contributed by atoms with E-state index in [4.69, 9.17) is 28.2 Å². The third kappa shape index (κ3) is 4.04. The zero-order chi connectivity index (χ0) is 16.2. The van der Waals surface area contributed by atoms with Crippen molar-refractivity contribution >= 4 is 23.2 Å². The van der Waals surface area contributed by atoms with Gasteiger partial charge in [-0.05, 0) is 49.7 Å². The Morgan fingerprint density at radius 3 is 2.74 bits per heavy atom. The molecule has 2 aromatic rings. The highest BCUT2D eigenvalue weighted by Gasteiger charge is 2.25. The Morgan fingerprint density at radius 1 is 1.09 bits per heavy atom. The van der Waals surface area contributed by atoms with Crippen molar-refractivity contribution < 1.29 is 0 Å². The Balaban J connectivity index is 2.03. The molecule has 1 aliphatic rings. The SMILES string of the molecule is Cc1cccc(C(c2ccc(Cl)c(Cl)c2)N2CCCNCC2)n1. The minimum absolute atomic E-state index is 0.101. The first-order valence-electron chi connectivity index (χ1n) is 7.98. The van der Waals surface area contributed by atoms with E-state index in [0.29, 0.717) is 10.0 Å². The number of nitrogens with one attached hydrogen (secondary N) is 1. The molecule has 1 aromatic heterocycles. The van der Waals surface area contributed by atoms with Crippen molar-refractivity contribution in [1.82, 2.24) is 15.2 Å². The summed E-state index contributed by atoms with van der Waals surface area (Å²) >= 11 is 12.4. The maximum absolute atomic E-state index is 6.26. The molecule has 1 fully saturated rings. The number of pyridine rings is 1. The molecule has 1 aliphatic heterocycles. The summed E-state index contributed by atoms with van der Waals surface area (Å²) in [6.45, 7) is 6.10. The number of aromatic nitrogens is 1. The third-order valence-corrected chi connectivity index (χ3v) is 4.93. The van der Waals surface area contributed by atoms with Crippen LogP contribution in [0.25, 0.3) is 0 Å². The molecule has 0 spiro atoms. The maximum atomic E-state index is 6.26. The Hall–Kier alpha value is -1.13. The van der Waals surface area contributed by atoms with E-state index in [2.05, 4.69) is 28.4 Å². The number of benzene rings is 1. The van der Waals surface area contributed by atoms with Gasteiger partial charge >= 0.3 is 0 Å². The van der Waals surface area contributed by atoms with Crippen molar-refractivity contribution in [1.29, 1.82) is 0 Å². The first-order chi connectivity index (χ1) is 11.1. The summed E-state index contributed by atoms with van der Waals surface area (Å²) in [6.07, 6.45) is 1.13. The molecule has 5 heteroatoms. The Kier molecular flexibility index (Phi) is 5.54. The Morgan fingerprint density at radius 2 is 1.96 bits per heavy atom. The van der Waals surface area contributed by atoms with E-state index in [1.165, 1.54) is 0 Å². The van der Waals surface area contributed by atoms with E-state index in [9.17, 15) is 0 Å². The molecule has 0 radical (unpaired) electrons. The fraction of sp³-hybridized carbons (Fsp3) is 0.389. The van der Waals surface area contributed by atoms with Crippen LogP contribution in [0, 0.1) is 6.92 Å². The van der Waals surface area contributed by atoms with Crippen molar-refractivity contribution in [3.63, 3.8) is 0 Å². The van der Waals surface area contributed by atoms with Gasteiger partial charge in [0.2, 0.25) is 0 Å². The van der Waals surface area contributed by atoms with E-state index >= 15 is 0 Å². The van der Waals surface area contributed by atoms with Crippen molar-refractivity contribution in [2.75, 3.05) is 26.2 Å². The number of halogens is 2. The summed E-state index contributed by atoms with van der Waals surface area (Å²) in [5, 5.41) is 4.64. The molecule has 23 heavy (non-hydrogen) atoms. The fourth-order valence-corrected chi connectivity index (χ4v) is 3.40. The highest BCUT2D eigenvalue weighted by molar-refractivity contribution is 6.42. The predicted molar refractivity (Wildman–Crippen MR) is 96.3 cm³/mol. The van der Waals surface area contributed by atoms with Gasteiger partial charge in [0.1, 0.15) is 0 Å². The monoisotopic (exact) mass is 349 g/mol. The van der Waals surface area contributed by atoms with Gasteiger partial charge in [0.25, 0.3) is 0 Å². The van der Waals surface area contributed by atoms with Gasteiger partial charge in [-0.1, -0.05) is 35.3 Å². The van der Waals surface area contributed by atoms with Crippen molar-refractivity contribution in [3.8, 4) is 0 Å². The van der Waals surface area contributed by atoms with Crippen LogP contribution < -0.4 is 5.32 Å². The van der Waals surface area contributed by atoms with Crippen LogP contribution in [0.2, 0.25) is 10.0 Å². The van der Waals surface area contributed by atoms with Gasteiger partial charge in [0.15, 0.2) is 0 Å². The molecule has 2 heterocycles. The van der Waals surface area contributed by atoms with Crippen LogP contribution in [0.1, 0.15) is 29.4 Å². The fourth-order valence-electron chi connectivity index (χ4n) is 3.09. The topological polar surface area (TPSA) is 28.2 Å². The van der Waals surface area contributed by atoms with Gasteiger partial charge in [-0.3, -0.25) is 9.88 Å². The van der Waals surface area contributed by atoms with Gasteiger partial charge in [0.05, 0.1) is 21.8 Å². The van der Waals surface area contributed by atoms with Gasteiger partial charge in [0, 0.05) is 25.3 Å². The number of hydrogen-bond donors (Lipinski definition) is 1. The van der Waals surface area contributed by atoms with E-state index in [1.807, 2.05) is 25.1 Å². The average molecular weight is 350 g/mol. The molecule has 122 valence electrons. The van der Waals surface area contributed by atoms with Crippen LogP contribution in [0.3, 0.4) is 0 Å². The summed E-state index contributed by atoms with van der Waals surface area (Å²) in [6, 6.07) is 12.2. The quantitative estimate of drug-likeness (QED) is 0.904. The minimum atomic E-state index is 0.101. The molecule has 1 aromatic carbocycles. The van der Waals surface area contributed by atoms with Gasteiger partial charge in [-0.2, -0.15) is 0 Å². The van der Waals surface area contributed by atoms with E-state index in [0.717, 1.165) is 49.6 Å². The maximum Gasteiger partial charge on any atom is 0.0777 e. The van der Waals surface area contributed by atoms with Crippen LogP contribution in [0.4, 0.5) is 0 Å². The molecule has 0 amide bonds. The molecule has 3 rings (SSSR count). The van der Waals surface area contributed by atoms with Crippen LogP contribution in [0.5, 0.6) is 0 Å². The van der Waals surface area contributed by atoms with Crippen molar-refractivity contribution in [2.45, 2.75) is 19.4 Å². The molecule has 0 saturated carbocycles. The zero-order valence-corrected chi connectivity index (χ0v) is 14.7. The first-order valence-corrected chi connectivity index (χ1v) is 8.74. The van der Waals surface area contributed by atoms with E-state index in [-0.39, 0.29) is 6.04 Å². The summed E-state index contributed by atoms with van der Waals surface area (Å²) in [5.41, 5.74) is 3.23. The van der Waals surface area contributed by atoms with Gasteiger partial charge in [-0.15, -0.1) is 0 Å². The number of nitrogens with zero attached hydrogens (tertiary/aromatic N) is 2. The highest BCUT2D eigenvalue weighted by Crippen LogP contribution is 2.32. The summed E-state index contributed by atoms with van der Waals surface area (Å²) in [4.78, 5) is 7.24. The molecule has 1 atom stereocenters. The molecular formula is C18H21Cl2N3. The third-order valence-electron chi connectivity index (χ3n) is 4.19. The summed E-state index contributed by atoms with van der Waals surface area (Å²) in [5.74, 6) is 0. The lowest BCUT2D eigenvalue weighted by atomic mass is 10.0. The minimum Gasteiger partial charge on any atom is -0.315 e. The average Bonchev–Trinajstić information content (AvgIpc) is 2.80. The van der Waals surface area contributed by atoms with Crippen LogP contribution in [0.15, 0.2) is 36.4 Å². The summed E-state index contributed by atoms with van der Waals surface area (Å²) < 4.78 is 0. The second-order valence-corrected chi connectivity index (χ2v) is 6.73. The smallest absolute Gasteiger partial charge is 0.0777 e. The van der Waals surface area contributed by atoms with E-state index < -0.39 is 0 Å². The largest absolute Gasteiger partial charge is 0.315 e. The molecular weight excluding hydrogens is 329 g/mol. The highest BCUT2D eigenvalue weighted by atomic mass is 35.5. The van der Waals surface area contributed by atoms with E-state index in [1.54, 1.807) is 0 Å². The first kappa shape index (κ1) is 16.7. The number of hydrogen-bond acceptors (Lipinski definition) is 3. The van der Waals surface area contributed by atoms with Gasteiger partial charge < -0.3 is 5.32 Å². The van der Waals surface area contributed by atoms with Crippen molar-refractivity contribution in [3.05, 3.63) is 63.4 Å². The molecule has 0 aliphatic carbocycles. The normalized spacial score (nSPS) is 17.7. The standard InChI is InChI=1S/C18H21Cl2N3/c1-13-4-2-5-17(22-13)18(23-10-3-8-21-9-11-23)14-6-7-15(19)16(20)12-14/h2,4-7,12,18,21H,3,8-11H2,1H3. The lowest BCUT2D eigenvalue weighted by Crippen LogP contribution is -2.33.